The first kappa shape index (κ1) is 20.3. The van der Waals surface area contributed by atoms with Crippen molar-refractivity contribution in [3.8, 4) is 0 Å². The second kappa shape index (κ2) is 9.23. The maximum Gasteiger partial charge on any atom is 0.191 e. The van der Waals surface area contributed by atoms with Gasteiger partial charge in [-0.25, -0.2) is 9.67 Å². The Morgan fingerprint density at radius 3 is 3.03 bits per heavy atom. The molecule has 30 heavy (non-hydrogen) atoms. The van der Waals surface area contributed by atoms with Crippen LogP contribution >= 0.6 is 0 Å². The lowest BCUT2D eigenvalue weighted by Gasteiger charge is -2.25. The summed E-state index contributed by atoms with van der Waals surface area (Å²) in [5.74, 6) is 4.23. The summed E-state index contributed by atoms with van der Waals surface area (Å²) < 4.78 is 4.09. The highest BCUT2D eigenvalue weighted by Crippen LogP contribution is 2.17. The number of fused-ring (bicyclic) bond motifs is 2. The van der Waals surface area contributed by atoms with Gasteiger partial charge in [-0.1, -0.05) is 19.9 Å². The maximum atomic E-state index is 4.77. The van der Waals surface area contributed by atoms with Crippen molar-refractivity contribution < 1.29 is 0 Å². The van der Waals surface area contributed by atoms with Crippen molar-refractivity contribution in [2.24, 2.45) is 4.99 Å². The lowest BCUT2D eigenvalue weighted by atomic mass is 10.1. The molecule has 0 fully saturated rings. The molecule has 0 bridgehead atoms. The Balaban J connectivity index is 1.32. The third-order valence-electron chi connectivity index (χ3n) is 5.29. The van der Waals surface area contributed by atoms with Crippen LogP contribution in [0.5, 0.6) is 0 Å². The Morgan fingerprint density at radius 1 is 1.30 bits per heavy atom. The van der Waals surface area contributed by atoms with Gasteiger partial charge >= 0.3 is 0 Å². The fourth-order valence-electron chi connectivity index (χ4n) is 3.69. The quantitative estimate of drug-likeness (QED) is 0.352. The van der Waals surface area contributed by atoms with Gasteiger partial charge in [0, 0.05) is 44.1 Å². The molecule has 0 aromatic carbocycles. The van der Waals surface area contributed by atoms with Crippen LogP contribution in [0.4, 0.5) is 0 Å². The third-order valence-corrected chi connectivity index (χ3v) is 5.29. The summed E-state index contributed by atoms with van der Waals surface area (Å²) in [6.45, 7) is 8.75. The number of nitrogens with zero attached hydrogens (tertiary/aromatic N) is 7. The fraction of sp³-hybridized carbons (Fsp3) is 0.571. The molecule has 1 atom stereocenters. The molecule has 1 aliphatic rings. The molecular formula is C21H31N9. The summed E-state index contributed by atoms with van der Waals surface area (Å²) in [6, 6.07) is 6.25. The van der Waals surface area contributed by atoms with E-state index in [2.05, 4.69) is 56.4 Å². The third kappa shape index (κ3) is 4.60. The minimum absolute atomic E-state index is 0.303. The number of aryl methyl sites for hydroxylation is 2. The van der Waals surface area contributed by atoms with E-state index in [1.807, 2.05) is 28.8 Å². The van der Waals surface area contributed by atoms with Gasteiger partial charge < -0.3 is 10.6 Å². The van der Waals surface area contributed by atoms with Crippen molar-refractivity contribution in [3.63, 3.8) is 0 Å². The van der Waals surface area contributed by atoms with Gasteiger partial charge in [0.15, 0.2) is 17.4 Å². The SMILES string of the molecule is CCNC(=NCCCc1nnc2ccccn12)NC1CCc2nc(C(C)C)nn2C1. The van der Waals surface area contributed by atoms with E-state index < -0.39 is 0 Å². The number of nitrogens with one attached hydrogen (secondary N) is 2. The van der Waals surface area contributed by atoms with E-state index in [-0.39, 0.29) is 0 Å². The van der Waals surface area contributed by atoms with Crippen LogP contribution in [0.1, 0.15) is 57.0 Å². The van der Waals surface area contributed by atoms with Crippen molar-refractivity contribution in [2.75, 3.05) is 13.1 Å². The van der Waals surface area contributed by atoms with E-state index in [1.165, 1.54) is 0 Å². The van der Waals surface area contributed by atoms with Crippen molar-refractivity contribution in [1.82, 2.24) is 40.0 Å². The number of aliphatic imine (C=N–C) groups is 1. The van der Waals surface area contributed by atoms with Gasteiger partial charge in [0.1, 0.15) is 11.6 Å². The first-order valence-corrected chi connectivity index (χ1v) is 10.9. The predicted octanol–water partition coefficient (Wildman–Crippen LogP) is 1.95. The largest absolute Gasteiger partial charge is 0.357 e. The average Bonchev–Trinajstić information content (AvgIpc) is 3.35. The summed E-state index contributed by atoms with van der Waals surface area (Å²) in [6.07, 6.45) is 5.74. The van der Waals surface area contributed by atoms with E-state index >= 15 is 0 Å². The summed E-state index contributed by atoms with van der Waals surface area (Å²) in [5.41, 5.74) is 0.886. The zero-order chi connectivity index (χ0) is 20.9. The van der Waals surface area contributed by atoms with Crippen LogP contribution in [-0.2, 0) is 19.4 Å². The van der Waals surface area contributed by atoms with Crippen LogP contribution in [0.15, 0.2) is 29.4 Å². The minimum Gasteiger partial charge on any atom is -0.357 e. The Labute approximate surface area is 177 Å². The van der Waals surface area contributed by atoms with Gasteiger partial charge in [-0.3, -0.25) is 9.39 Å². The molecule has 4 heterocycles. The molecule has 0 radical (unpaired) electrons. The predicted molar refractivity (Wildman–Crippen MR) is 117 cm³/mol. The van der Waals surface area contributed by atoms with Crippen LogP contribution in [-0.4, -0.2) is 54.5 Å². The van der Waals surface area contributed by atoms with E-state index in [1.54, 1.807) is 0 Å². The molecule has 9 nitrogen and oxygen atoms in total. The molecule has 3 aromatic rings. The van der Waals surface area contributed by atoms with Crippen molar-refractivity contribution in [2.45, 2.75) is 65.0 Å². The highest BCUT2D eigenvalue weighted by Gasteiger charge is 2.23. The molecule has 0 saturated heterocycles. The van der Waals surface area contributed by atoms with Crippen molar-refractivity contribution >= 4 is 11.6 Å². The van der Waals surface area contributed by atoms with Crippen molar-refractivity contribution in [1.29, 1.82) is 0 Å². The molecule has 4 rings (SSSR count). The first-order valence-electron chi connectivity index (χ1n) is 10.9. The standard InChI is InChI=1S/C21H31N9/c1-4-22-21(23-12-7-9-19-27-26-18-8-5-6-13-29(18)19)24-16-10-11-17-25-20(15(2)3)28-30(17)14-16/h5-6,8,13,15-16H,4,7,9-12,14H2,1-3H3,(H2,22,23,24). The van der Waals surface area contributed by atoms with Crippen molar-refractivity contribution in [3.05, 3.63) is 41.9 Å². The Hall–Kier alpha value is -2.97. The lowest BCUT2D eigenvalue weighted by Crippen LogP contribution is -2.47. The first-order chi connectivity index (χ1) is 14.6. The van der Waals surface area contributed by atoms with Gasteiger partial charge in [0.25, 0.3) is 0 Å². The van der Waals surface area contributed by atoms with Gasteiger partial charge in [0.2, 0.25) is 0 Å². The summed E-state index contributed by atoms with van der Waals surface area (Å²) >= 11 is 0. The number of aromatic nitrogens is 6. The smallest absolute Gasteiger partial charge is 0.191 e. The molecular weight excluding hydrogens is 378 g/mol. The van der Waals surface area contributed by atoms with Gasteiger partial charge in [-0.05, 0) is 31.9 Å². The average molecular weight is 410 g/mol. The second-order valence-electron chi connectivity index (χ2n) is 8.01. The topological polar surface area (TPSA) is 97.3 Å². The lowest BCUT2D eigenvalue weighted by molar-refractivity contribution is 0.391. The number of guanidine groups is 1. The molecule has 9 heteroatoms. The highest BCUT2D eigenvalue weighted by atomic mass is 15.4. The molecule has 0 aliphatic carbocycles. The zero-order valence-corrected chi connectivity index (χ0v) is 18.0. The molecule has 1 aliphatic heterocycles. The number of rotatable bonds is 7. The molecule has 1 unspecified atom stereocenters. The van der Waals surface area contributed by atoms with E-state index in [0.29, 0.717) is 12.0 Å². The summed E-state index contributed by atoms with van der Waals surface area (Å²) in [4.78, 5) is 9.44. The molecule has 3 aromatic heterocycles. The number of pyridine rings is 1. The van der Waals surface area contributed by atoms with Gasteiger partial charge in [-0.2, -0.15) is 5.10 Å². The molecule has 160 valence electrons. The van der Waals surface area contributed by atoms with Gasteiger partial charge in [-0.15, -0.1) is 10.2 Å². The van der Waals surface area contributed by atoms with E-state index in [0.717, 1.165) is 74.4 Å². The Bertz CT molecular complexity index is 1000. The minimum atomic E-state index is 0.303. The summed E-state index contributed by atoms with van der Waals surface area (Å²) in [5, 5.41) is 20.1. The normalized spacial score (nSPS) is 16.8. The monoisotopic (exact) mass is 409 g/mol. The molecule has 0 spiro atoms. The van der Waals surface area contributed by atoms with E-state index in [4.69, 9.17) is 4.99 Å². The fourth-order valence-corrected chi connectivity index (χ4v) is 3.69. The number of hydrogen-bond donors (Lipinski definition) is 2. The van der Waals surface area contributed by atoms with Crippen LogP contribution < -0.4 is 10.6 Å². The van der Waals surface area contributed by atoms with Crippen LogP contribution in [0.3, 0.4) is 0 Å². The maximum absolute atomic E-state index is 4.77. The molecule has 0 saturated carbocycles. The molecule has 2 N–H and O–H groups in total. The molecule has 0 amide bonds. The van der Waals surface area contributed by atoms with Crippen LogP contribution in [0.25, 0.3) is 5.65 Å². The Morgan fingerprint density at radius 2 is 2.20 bits per heavy atom. The van der Waals surface area contributed by atoms with Crippen LogP contribution in [0.2, 0.25) is 0 Å². The Kier molecular flexibility index (Phi) is 6.25. The van der Waals surface area contributed by atoms with E-state index in [9.17, 15) is 0 Å². The summed E-state index contributed by atoms with van der Waals surface area (Å²) in [7, 11) is 0. The van der Waals surface area contributed by atoms with Gasteiger partial charge in [0.05, 0.1) is 6.54 Å². The number of hydrogen-bond acceptors (Lipinski definition) is 5. The second-order valence-corrected chi connectivity index (χ2v) is 8.01. The zero-order valence-electron chi connectivity index (χ0n) is 18.0. The highest BCUT2D eigenvalue weighted by molar-refractivity contribution is 5.80. The van der Waals surface area contributed by atoms with Crippen LogP contribution in [0, 0.1) is 0 Å².